The van der Waals surface area contributed by atoms with Crippen LogP contribution in [0.4, 0.5) is 0 Å². The van der Waals surface area contributed by atoms with Crippen LogP contribution in [0.25, 0.3) is 22.3 Å². The van der Waals surface area contributed by atoms with E-state index in [4.69, 9.17) is 11.6 Å². The first-order valence-electron chi connectivity index (χ1n) is 5.15. The van der Waals surface area contributed by atoms with Gasteiger partial charge in [0.2, 0.25) is 0 Å². The molecule has 1 unspecified atom stereocenters. The van der Waals surface area contributed by atoms with Gasteiger partial charge >= 0.3 is 0 Å². The molecule has 3 rings (SSSR count). The van der Waals surface area contributed by atoms with Gasteiger partial charge in [0.25, 0.3) is 0 Å². The van der Waals surface area contributed by atoms with Crippen LogP contribution >= 0.6 is 11.6 Å². The van der Waals surface area contributed by atoms with Crippen molar-refractivity contribution >= 4 is 11.6 Å². The Bertz CT molecular complexity index is 527. The molecule has 0 amide bonds. The zero-order valence-corrected chi connectivity index (χ0v) is 9.25. The highest BCUT2D eigenvalue weighted by atomic mass is 35.5. The van der Waals surface area contributed by atoms with Gasteiger partial charge in [-0.2, -0.15) is 0 Å². The summed E-state index contributed by atoms with van der Waals surface area (Å²) in [6.07, 6.45) is 0. The van der Waals surface area contributed by atoms with Gasteiger partial charge in [-0.3, -0.25) is 0 Å². The molecule has 0 bridgehead atoms. The molecule has 0 aliphatic heterocycles. The van der Waals surface area contributed by atoms with Gasteiger partial charge in [0.1, 0.15) is 0 Å². The van der Waals surface area contributed by atoms with Crippen molar-refractivity contribution in [1.29, 1.82) is 0 Å². The second-order valence-electron chi connectivity index (χ2n) is 3.97. The van der Waals surface area contributed by atoms with E-state index in [-0.39, 0.29) is 5.38 Å². The SMILES string of the molecule is CC(Cl)c1ccc2c(c1)-c1ccccc1-2. The maximum Gasteiger partial charge on any atom is 0.0557 e. The molecule has 2 aromatic carbocycles. The summed E-state index contributed by atoms with van der Waals surface area (Å²) in [6, 6.07) is 15.0. The van der Waals surface area contributed by atoms with E-state index in [1.807, 2.05) is 6.92 Å². The molecule has 15 heavy (non-hydrogen) atoms. The summed E-state index contributed by atoms with van der Waals surface area (Å²) in [5.74, 6) is 0. The van der Waals surface area contributed by atoms with E-state index in [1.165, 1.54) is 27.8 Å². The van der Waals surface area contributed by atoms with Crippen molar-refractivity contribution in [3.8, 4) is 22.3 Å². The molecule has 2 aromatic rings. The fourth-order valence-corrected chi connectivity index (χ4v) is 2.29. The van der Waals surface area contributed by atoms with E-state index in [0.29, 0.717) is 0 Å². The van der Waals surface area contributed by atoms with Crippen LogP contribution < -0.4 is 0 Å². The Hall–Kier alpha value is -1.27. The predicted molar refractivity (Wildman–Crippen MR) is 65.1 cm³/mol. The number of alkyl halides is 1. The quantitative estimate of drug-likeness (QED) is 0.518. The van der Waals surface area contributed by atoms with Crippen molar-refractivity contribution < 1.29 is 0 Å². The van der Waals surface area contributed by atoms with Crippen LogP contribution in [-0.4, -0.2) is 0 Å². The highest BCUT2D eigenvalue weighted by Gasteiger charge is 2.21. The van der Waals surface area contributed by atoms with Gasteiger partial charge in [-0.25, -0.2) is 0 Å². The van der Waals surface area contributed by atoms with E-state index in [1.54, 1.807) is 0 Å². The van der Waals surface area contributed by atoms with Crippen LogP contribution in [0, 0.1) is 0 Å². The fraction of sp³-hybridized carbons (Fsp3) is 0.143. The summed E-state index contributed by atoms with van der Waals surface area (Å²) in [6.45, 7) is 2.01. The number of halogens is 1. The lowest BCUT2D eigenvalue weighted by atomic mass is 9.80. The summed E-state index contributed by atoms with van der Waals surface area (Å²) in [7, 11) is 0. The number of hydrogen-bond donors (Lipinski definition) is 0. The van der Waals surface area contributed by atoms with E-state index in [2.05, 4.69) is 42.5 Å². The molecule has 0 spiro atoms. The molecular formula is C14H11Cl. The third-order valence-electron chi connectivity index (χ3n) is 3.01. The number of hydrogen-bond acceptors (Lipinski definition) is 0. The first-order chi connectivity index (χ1) is 7.27. The van der Waals surface area contributed by atoms with Crippen LogP contribution in [0.15, 0.2) is 42.5 Å². The molecule has 0 radical (unpaired) electrons. The molecule has 0 nitrogen and oxygen atoms in total. The molecule has 0 saturated heterocycles. The Balaban J connectivity index is 2.15. The smallest absolute Gasteiger partial charge is 0.0557 e. The summed E-state index contributed by atoms with van der Waals surface area (Å²) >= 11 is 6.08. The maximum atomic E-state index is 6.08. The first kappa shape index (κ1) is 8.99. The largest absolute Gasteiger partial charge is 0.118 e. The van der Waals surface area contributed by atoms with Crippen molar-refractivity contribution in [1.82, 2.24) is 0 Å². The van der Waals surface area contributed by atoms with Gasteiger partial charge in [0.15, 0.2) is 0 Å². The Morgan fingerprint density at radius 1 is 0.867 bits per heavy atom. The van der Waals surface area contributed by atoms with E-state index >= 15 is 0 Å². The molecule has 1 atom stereocenters. The summed E-state index contributed by atoms with van der Waals surface area (Å²) in [4.78, 5) is 0. The topological polar surface area (TPSA) is 0 Å². The van der Waals surface area contributed by atoms with E-state index < -0.39 is 0 Å². The lowest BCUT2D eigenvalue weighted by Gasteiger charge is -2.24. The van der Waals surface area contributed by atoms with Gasteiger partial charge in [-0.05, 0) is 40.8 Å². The van der Waals surface area contributed by atoms with Crippen molar-refractivity contribution in [2.45, 2.75) is 12.3 Å². The van der Waals surface area contributed by atoms with E-state index in [0.717, 1.165) is 0 Å². The minimum absolute atomic E-state index is 0.0862. The summed E-state index contributed by atoms with van der Waals surface area (Å²) in [5.41, 5.74) is 6.61. The Kier molecular flexibility index (Phi) is 1.86. The Morgan fingerprint density at radius 3 is 2.13 bits per heavy atom. The second kappa shape index (κ2) is 3.11. The van der Waals surface area contributed by atoms with E-state index in [9.17, 15) is 0 Å². The number of fused-ring (bicyclic) bond motifs is 4. The van der Waals surface area contributed by atoms with Gasteiger partial charge in [-0.15, -0.1) is 11.6 Å². The fourth-order valence-electron chi connectivity index (χ4n) is 2.16. The highest BCUT2D eigenvalue weighted by molar-refractivity contribution is 6.20. The molecule has 0 N–H and O–H groups in total. The standard InChI is InChI=1S/C14H11Cl/c1-9(15)10-6-7-13-11-4-2-3-5-12(11)14(13)8-10/h2-9H,1H3. The summed E-state index contributed by atoms with van der Waals surface area (Å²) in [5, 5.41) is 0.0862. The van der Waals surface area contributed by atoms with Crippen molar-refractivity contribution in [3.63, 3.8) is 0 Å². The zero-order valence-electron chi connectivity index (χ0n) is 8.50. The average molecular weight is 215 g/mol. The summed E-state index contributed by atoms with van der Waals surface area (Å²) < 4.78 is 0. The number of benzene rings is 2. The molecule has 1 aliphatic carbocycles. The lowest BCUT2D eigenvalue weighted by molar-refractivity contribution is 1.08. The molecule has 74 valence electrons. The lowest BCUT2D eigenvalue weighted by Crippen LogP contribution is -1.99. The van der Waals surface area contributed by atoms with Gasteiger partial charge in [0.05, 0.1) is 5.38 Å². The van der Waals surface area contributed by atoms with Crippen LogP contribution in [0.1, 0.15) is 17.9 Å². The maximum absolute atomic E-state index is 6.08. The molecular weight excluding hydrogens is 204 g/mol. The van der Waals surface area contributed by atoms with Crippen LogP contribution in [-0.2, 0) is 0 Å². The highest BCUT2D eigenvalue weighted by Crippen LogP contribution is 2.47. The van der Waals surface area contributed by atoms with Crippen molar-refractivity contribution in [2.75, 3.05) is 0 Å². The normalized spacial score (nSPS) is 13.7. The minimum Gasteiger partial charge on any atom is -0.118 e. The molecule has 0 fully saturated rings. The molecule has 0 saturated carbocycles. The van der Waals surface area contributed by atoms with Gasteiger partial charge < -0.3 is 0 Å². The molecule has 0 aromatic heterocycles. The second-order valence-corrected chi connectivity index (χ2v) is 4.62. The zero-order chi connectivity index (χ0) is 10.4. The molecule has 1 aliphatic rings. The number of rotatable bonds is 1. The molecule has 0 heterocycles. The molecule has 1 heteroatoms. The predicted octanol–water partition coefficient (Wildman–Crippen LogP) is 4.63. The Labute approximate surface area is 94.5 Å². The van der Waals surface area contributed by atoms with Gasteiger partial charge in [-0.1, -0.05) is 36.4 Å². The van der Waals surface area contributed by atoms with Gasteiger partial charge in [0, 0.05) is 0 Å². The van der Waals surface area contributed by atoms with Crippen molar-refractivity contribution in [2.24, 2.45) is 0 Å². The van der Waals surface area contributed by atoms with Crippen LogP contribution in [0.2, 0.25) is 0 Å². The minimum atomic E-state index is 0.0862. The monoisotopic (exact) mass is 214 g/mol. The third-order valence-corrected chi connectivity index (χ3v) is 3.26. The first-order valence-corrected chi connectivity index (χ1v) is 5.59. The third kappa shape index (κ3) is 1.22. The van der Waals surface area contributed by atoms with Crippen molar-refractivity contribution in [3.05, 3.63) is 48.0 Å². The van der Waals surface area contributed by atoms with Crippen LogP contribution in [0.3, 0.4) is 0 Å². The Morgan fingerprint density at radius 2 is 1.47 bits per heavy atom. The van der Waals surface area contributed by atoms with Crippen LogP contribution in [0.5, 0.6) is 0 Å². The average Bonchev–Trinajstić information content (AvgIpc) is 2.25.